The summed E-state index contributed by atoms with van der Waals surface area (Å²) in [6.45, 7) is 1.04. The molecule has 7 N–H and O–H groups in total. The summed E-state index contributed by atoms with van der Waals surface area (Å²) in [5, 5.41) is 16.6. The normalized spacial score (nSPS) is 11.5. The first-order chi connectivity index (χ1) is 23.3. The smallest absolute Gasteiger partial charge is 0.475 e. The quantitative estimate of drug-likeness (QED) is 0.0902. The number of nitrogens with one attached hydrogen (secondary N) is 4. The number of carbonyl (C=O) groups is 3. The highest BCUT2D eigenvalue weighted by atomic mass is 35.5. The van der Waals surface area contributed by atoms with Crippen LogP contribution in [0.4, 0.5) is 28.4 Å². The van der Waals surface area contributed by atoms with Crippen molar-refractivity contribution in [3.8, 4) is 11.3 Å². The van der Waals surface area contributed by atoms with E-state index in [2.05, 4.69) is 20.9 Å². The standard InChI is InChI=1S/C30H32Cl2N6O4.C2HF3O2/c1-41-13-14-42-30(40)35-24-11-8-20(9-12-24)26-27(32)38-28(37-26)25(15-19-5-3-2-4-6-19)36-29(39)34-18-22-16-23(31)10-7-21(22)17-33;3-2(4,5)1(6)7/h2-12,16,25H,13-15,17-18,33H2,1H3,(H,35,40)(H,37,38)(H2,34,36,39);(H,6,7)/t25-;/m0./s1. The number of hydrogen-bond acceptors (Lipinski definition) is 7. The molecule has 0 aliphatic carbocycles. The van der Waals surface area contributed by atoms with Gasteiger partial charge in [-0.3, -0.25) is 5.32 Å². The molecule has 12 nitrogen and oxygen atoms in total. The molecule has 1 atom stereocenters. The van der Waals surface area contributed by atoms with Crippen LogP contribution >= 0.6 is 23.2 Å². The summed E-state index contributed by atoms with van der Waals surface area (Å²) in [6.07, 6.45) is -5.20. The lowest BCUT2D eigenvalue weighted by Crippen LogP contribution is -2.39. The lowest BCUT2D eigenvalue weighted by atomic mass is 10.1. The Morgan fingerprint density at radius 1 is 1.00 bits per heavy atom. The second-order valence-electron chi connectivity index (χ2n) is 10.1. The van der Waals surface area contributed by atoms with Crippen molar-refractivity contribution in [1.82, 2.24) is 20.6 Å². The third kappa shape index (κ3) is 12.6. The van der Waals surface area contributed by atoms with Gasteiger partial charge in [-0.15, -0.1) is 0 Å². The second-order valence-corrected chi connectivity index (χ2v) is 10.9. The van der Waals surface area contributed by atoms with Gasteiger partial charge in [0.1, 0.15) is 23.3 Å². The van der Waals surface area contributed by atoms with Crippen molar-refractivity contribution in [2.45, 2.75) is 31.7 Å². The van der Waals surface area contributed by atoms with Gasteiger partial charge in [-0.05, 0) is 47.4 Å². The largest absolute Gasteiger partial charge is 0.490 e. The number of amides is 3. The third-order valence-corrected chi connectivity index (χ3v) is 7.10. The SMILES string of the molecule is COCCOC(=O)Nc1ccc(-c2nc([C@H](Cc3ccccc3)NC(=O)NCc3cc(Cl)ccc3CN)[nH]c2Cl)cc1.O=C(O)C(F)(F)F. The predicted octanol–water partition coefficient (Wildman–Crippen LogP) is 6.45. The number of benzene rings is 3. The van der Waals surface area contributed by atoms with Crippen molar-refractivity contribution >= 4 is 47.0 Å². The van der Waals surface area contributed by atoms with Crippen LogP contribution in [0.1, 0.15) is 28.6 Å². The number of carbonyl (C=O) groups excluding carboxylic acids is 2. The maximum atomic E-state index is 13.0. The number of H-pyrrole nitrogens is 1. The Kier molecular flexibility index (Phi) is 14.7. The number of aromatic nitrogens is 2. The molecule has 262 valence electrons. The molecular formula is C32H33Cl2F3N6O6. The van der Waals surface area contributed by atoms with Crippen LogP contribution in [0.15, 0.2) is 72.8 Å². The molecule has 4 rings (SSSR count). The number of halogens is 5. The number of alkyl halides is 3. The summed E-state index contributed by atoms with van der Waals surface area (Å²) in [5.74, 6) is -2.27. The summed E-state index contributed by atoms with van der Waals surface area (Å²) in [4.78, 5) is 41.7. The average molecular weight is 726 g/mol. The van der Waals surface area contributed by atoms with E-state index in [-0.39, 0.29) is 19.2 Å². The number of nitrogens with two attached hydrogens (primary N) is 1. The minimum atomic E-state index is -5.08. The van der Waals surface area contributed by atoms with Gasteiger partial charge in [-0.1, -0.05) is 71.7 Å². The van der Waals surface area contributed by atoms with Crippen molar-refractivity contribution in [3.63, 3.8) is 0 Å². The summed E-state index contributed by atoms with van der Waals surface area (Å²) >= 11 is 12.7. The van der Waals surface area contributed by atoms with Gasteiger partial charge < -0.3 is 35.9 Å². The molecule has 1 aromatic heterocycles. The molecule has 0 spiro atoms. The average Bonchev–Trinajstić information content (AvgIpc) is 3.45. The van der Waals surface area contributed by atoms with Crippen LogP contribution in [0.3, 0.4) is 0 Å². The fourth-order valence-electron chi connectivity index (χ4n) is 4.22. The molecule has 0 saturated carbocycles. The number of methoxy groups -OCH3 is 1. The van der Waals surface area contributed by atoms with E-state index in [0.717, 1.165) is 22.3 Å². The van der Waals surface area contributed by atoms with Crippen molar-refractivity contribution in [2.75, 3.05) is 25.6 Å². The summed E-state index contributed by atoms with van der Waals surface area (Å²) in [5.41, 5.74) is 10.4. The first kappa shape index (κ1) is 38.6. The number of aliphatic carboxylic acids is 1. The van der Waals surface area contributed by atoms with Gasteiger partial charge in [0.2, 0.25) is 0 Å². The molecule has 3 amide bonds. The zero-order chi connectivity index (χ0) is 36.0. The number of anilines is 1. The third-order valence-electron chi connectivity index (χ3n) is 6.59. The zero-order valence-corrected chi connectivity index (χ0v) is 27.5. The zero-order valence-electron chi connectivity index (χ0n) is 25.9. The maximum Gasteiger partial charge on any atom is 0.490 e. The molecule has 0 saturated heterocycles. The number of ether oxygens (including phenoxy) is 2. The number of hydrogen-bond donors (Lipinski definition) is 6. The van der Waals surface area contributed by atoms with E-state index in [1.54, 1.807) is 36.4 Å². The molecular weight excluding hydrogens is 692 g/mol. The van der Waals surface area contributed by atoms with E-state index in [0.29, 0.717) is 47.0 Å². The van der Waals surface area contributed by atoms with Gasteiger partial charge in [-0.25, -0.2) is 19.4 Å². The van der Waals surface area contributed by atoms with Crippen LogP contribution in [0, 0.1) is 0 Å². The van der Waals surface area contributed by atoms with Gasteiger partial charge in [0.15, 0.2) is 0 Å². The lowest BCUT2D eigenvalue weighted by molar-refractivity contribution is -0.192. The Morgan fingerprint density at radius 3 is 2.29 bits per heavy atom. The number of imidazole rings is 1. The minimum Gasteiger partial charge on any atom is -0.475 e. The van der Waals surface area contributed by atoms with Crippen LogP contribution in [-0.2, 0) is 33.8 Å². The van der Waals surface area contributed by atoms with Crippen LogP contribution in [-0.4, -0.2) is 59.7 Å². The first-order valence-electron chi connectivity index (χ1n) is 14.4. The molecule has 17 heteroatoms. The number of carboxylic acids is 1. The highest BCUT2D eigenvalue weighted by molar-refractivity contribution is 6.32. The Morgan fingerprint density at radius 2 is 1.67 bits per heavy atom. The van der Waals surface area contributed by atoms with Crippen LogP contribution in [0.25, 0.3) is 11.3 Å². The van der Waals surface area contributed by atoms with Crippen LogP contribution in [0.5, 0.6) is 0 Å². The Bertz CT molecular complexity index is 1690. The Hall–Kier alpha value is -4.83. The van der Waals surface area contributed by atoms with E-state index in [1.807, 2.05) is 36.4 Å². The fraction of sp³-hybridized carbons (Fsp3) is 0.250. The number of aromatic amines is 1. The molecule has 1 heterocycles. The molecule has 49 heavy (non-hydrogen) atoms. The van der Waals surface area contributed by atoms with Gasteiger partial charge in [0.25, 0.3) is 0 Å². The first-order valence-corrected chi connectivity index (χ1v) is 15.2. The Balaban J connectivity index is 0.000000838. The molecule has 0 fully saturated rings. The van der Waals surface area contributed by atoms with E-state index >= 15 is 0 Å². The van der Waals surface area contributed by atoms with Crippen molar-refractivity contribution in [1.29, 1.82) is 0 Å². The van der Waals surface area contributed by atoms with Gasteiger partial charge in [0.05, 0.1) is 12.6 Å². The number of urea groups is 1. The Labute approximate surface area is 289 Å². The van der Waals surface area contributed by atoms with E-state index in [9.17, 15) is 22.8 Å². The maximum absolute atomic E-state index is 13.0. The topological polar surface area (TPSA) is 181 Å². The lowest BCUT2D eigenvalue weighted by Gasteiger charge is -2.18. The van der Waals surface area contributed by atoms with E-state index in [4.69, 9.17) is 53.3 Å². The minimum absolute atomic E-state index is 0.150. The summed E-state index contributed by atoms with van der Waals surface area (Å²) < 4.78 is 41.6. The fourth-order valence-corrected chi connectivity index (χ4v) is 4.66. The van der Waals surface area contributed by atoms with Crippen LogP contribution in [0.2, 0.25) is 10.2 Å². The van der Waals surface area contributed by atoms with Gasteiger partial charge in [0, 0.05) is 36.5 Å². The second kappa shape index (κ2) is 18.6. The number of nitrogens with zero attached hydrogens (tertiary/aromatic N) is 1. The highest BCUT2D eigenvalue weighted by Crippen LogP contribution is 2.29. The molecule has 0 radical (unpaired) electrons. The van der Waals surface area contributed by atoms with Crippen molar-refractivity contribution in [3.05, 3.63) is 105 Å². The summed E-state index contributed by atoms with van der Waals surface area (Å²) in [6, 6.07) is 21.2. The van der Waals surface area contributed by atoms with Crippen molar-refractivity contribution < 1.29 is 42.1 Å². The summed E-state index contributed by atoms with van der Waals surface area (Å²) in [7, 11) is 1.53. The van der Waals surface area contributed by atoms with Crippen LogP contribution < -0.4 is 21.7 Å². The molecule has 0 aliphatic rings. The molecule has 0 bridgehead atoms. The van der Waals surface area contributed by atoms with Gasteiger partial charge in [-0.2, -0.15) is 13.2 Å². The predicted molar refractivity (Wildman–Crippen MR) is 177 cm³/mol. The van der Waals surface area contributed by atoms with E-state index in [1.165, 1.54) is 7.11 Å². The highest BCUT2D eigenvalue weighted by Gasteiger charge is 2.38. The monoisotopic (exact) mass is 724 g/mol. The number of carboxylic acid groups (broad SMARTS) is 1. The number of rotatable bonds is 12. The molecule has 0 aliphatic heterocycles. The van der Waals surface area contributed by atoms with E-state index < -0.39 is 24.3 Å². The molecule has 0 unspecified atom stereocenters. The molecule has 3 aromatic carbocycles. The molecule has 4 aromatic rings. The van der Waals surface area contributed by atoms with Crippen molar-refractivity contribution in [2.24, 2.45) is 5.73 Å². The van der Waals surface area contributed by atoms with Gasteiger partial charge >= 0.3 is 24.3 Å².